The van der Waals surface area contributed by atoms with Crippen LogP contribution in [0.25, 0.3) is 0 Å². The Kier molecular flexibility index (Phi) is 5.60. The first kappa shape index (κ1) is 11.8. The topological polar surface area (TPSA) is 20.2 Å². The first-order valence-electron chi connectivity index (χ1n) is 5.76. The summed E-state index contributed by atoms with van der Waals surface area (Å²) in [5.74, 6) is 0.354. The van der Waals surface area contributed by atoms with Gasteiger partial charge in [0.1, 0.15) is 5.75 Å². The summed E-state index contributed by atoms with van der Waals surface area (Å²) < 4.78 is 0. The minimum absolute atomic E-state index is 0.354. The van der Waals surface area contributed by atoms with E-state index in [1.165, 1.54) is 31.2 Å². The third-order valence-corrected chi connectivity index (χ3v) is 2.41. The molecule has 0 radical (unpaired) electrons. The highest BCUT2D eigenvalue weighted by Gasteiger charge is 1.90. The average molecular weight is 204 g/mol. The SMILES string of the molecule is CCCCCC=CCc1cccc(O)c1. The molecule has 1 N–H and O–H groups in total. The second-order valence-electron chi connectivity index (χ2n) is 3.84. The van der Waals surface area contributed by atoms with Crippen LogP contribution in [0.4, 0.5) is 0 Å². The fraction of sp³-hybridized carbons (Fsp3) is 0.429. The Morgan fingerprint density at radius 3 is 2.80 bits per heavy atom. The van der Waals surface area contributed by atoms with Crippen LogP contribution >= 0.6 is 0 Å². The van der Waals surface area contributed by atoms with E-state index in [0.717, 1.165) is 6.42 Å². The van der Waals surface area contributed by atoms with E-state index in [1.54, 1.807) is 6.07 Å². The van der Waals surface area contributed by atoms with Crippen LogP contribution in [0.2, 0.25) is 0 Å². The quantitative estimate of drug-likeness (QED) is 0.547. The molecule has 0 heterocycles. The molecule has 1 aromatic carbocycles. The summed E-state index contributed by atoms with van der Waals surface area (Å²) in [6.07, 6.45) is 10.4. The van der Waals surface area contributed by atoms with Crippen molar-refractivity contribution in [2.75, 3.05) is 0 Å². The van der Waals surface area contributed by atoms with Gasteiger partial charge in [-0.05, 0) is 37.0 Å². The zero-order valence-electron chi connectivity index (χ0n) is 9.45. The molecular weight excluding hydrogens is 184 g/mol. The maximum atomic E-state index is 9.26. The minimum atomic E-state index is 0.354. The summed E-state index contributed by atoms with van der Waals surface area (Å²) in [5.41, 5.74) is 1.17. The van der Waals surface area contributed by atoms with Crippen molar-refractivity contribution in [3.05, 3.63) is 42.0 Å². The molecule has 0 saturated heterocycles. The number of unbranched alkanes of at least 4 members (excludes halogenated alkanes) is 3. The molecular formula is C14H20O. The Balaban J connectivity index is 2.24. The van der Waals surface area contributed by atoms with Crippen molar-refractivity contribution in [3.8, 4) is 5.75 Å². The lowest BCUT2D eigenvalue weighted by molar-refractivity contribution is 0.474. The number of phenolic OH excluding ortho intramolecular Hbond substituents is 1. The highest BCUT2D eigenvalue weighted by molar-refractivity contribution is 5.28. The van der Waals surface area contributed by atoms with Crippen molar-refractivity contribution < 1.29 is 5.11 Å². The maximum Gasteiger partial charge on any atom is 0.115 e. The standard InChI is InChI=1S/C14H20O/c1-2-3-4-5-6-7-9-13-10-8-11-14(15)12-13/h6-8,10-12,15H,2-5,9H2,1H3. The third-order valence-electron chi connectivity index (χ3n) is 2.41. The summed E-state index contributed by atoms with van der Waals surface area (Å²) in [6, 6.07) is 7.44. The predicted molar refractivity (Wildman–Crippen MR) is 65.1 cm³/mol. The Morgan fingerprint density at radius 2 is 2.07 bits per heavy atom. The average Bonchev–Trinajstić information content (AvgIpc) is 2.23. The van der Waals surface area contributed by atoms with E-state index in [0.29, 0.717) is 5.75 Å². The van der Waals surface area contributed by atoms with Crippen LogP contribution in [0, 0.1) is 0 Å². The monoisotopic (exact) mass is 204 g/mol. The van der Waals surface area contributed by atoms with E-state index < -0.39 is 0 Å². The first-order valence-corrected chi connectivity index (χ1v) is 5.76. The van der Waals surface area contributed by atoms with Gasteiger partial charge >= 0.3 is 0 Å². The van der Waals surface area contributed by atoms with Gasteiger partial charge < -0.3 is 5.11 Å². The molecule has 0 unspecified atom stereocenters. The first-order chi connectivity index (χ1) is 7.33. The van der Waals surface area contributed by atoms with E-state index in [4.69, 9.17) is 0 Å². The van der Waals surface area contributed by atoms with E-state index in [1.807, 2.05) is 18.2 Å². The van der Waals surface area contributed by atoms with Crippen LogP contribution in [0.5, 0.6) is 5.75 Å². The van der Waals surface area contributed by atoms with Crippen LogP contribution in [0.15, 0.2) is 36.4 Å². The molecule has 0 aromatic heterocycles. The Bertz CT molecular complexity index is 302. The van der Waals surface area contributed by atoms with Crippen molar-refractivity contribution >= 4 is 0 Å². The second-order valence-corrected chi connectivity index (χ2v) is 3.84. The smallest absolute Gasteiger partial charge is 0.115 e. The molecule has 0 aliphatic carbocycles. The van der Waals surface area contributed by atoms with Crippen LogP contribution in [-0.4, -0.2) is 5.11 Å². The minimum Gasteiger partial charge on any atom is -0.508 e. The van der Waals surface area contributed by atoms with E-state index in [9.17, 15) is 5.11 Å². The number of hydrogen-bond acceptors (Lipinski definition) is 1. The number of hydrogen-bond donors (Lipinski definition) is 1. The fourth-order valence-electron chi connectivity index (χ4n) is 1.53. The number of benzene rings is 1. The molecule has 1 heteroatoms. The molecule has 82 valence electrons. The van der Waals surface area contributed by atoms with E-state index in [-0.39, 0.29) is 0 Å². The number of allylic oxidation sites excluding steroid dienone is 2. The molecule has 0 fully saturated rings. The van der Waals surface area contributed by atoms with Gasteiger partial charge in [0.25, 0.3) is 0 Å². The van der Waals surface area contributed by atoms with Gasteiger partial charge in [-0.15, -0.1) is 0 Å². The molecule has 0 aliphatic rings. The molecule has 15 heavy (non-hydrogen) atoms. The van der Waals surface area contributed by atoms with Crippen LogP contribution in [0.3, 0.4) is 0 Å². The predicted octanol–water partition coefficient (Wildman–Crippen LogP) is 4.07. The molecule has 1 nitrogen and oxygen atoms in total. The van der Waals surface area contributed by atoms with E-state index >= 15 is 0 Å². The van der Waals surface area contributed by atoms with Gasteiger partial charge in [0.15, 0.2) is 0 Å². The zero-order chi connectivity index (χ0) is 10.9. The van der Waals surface area contributed by atoms with Gasteiger partial charge in [0, 0.05) is 0 Å². The molecule has 0 aliphatic heterocycles. The molecule has 0 amide bonds. The Morgan fingerprint density at radius 1 is 1.20 bits per heavy atom. The van der Waals surface area contributed by atoms with E-state index in [2.05, 4.69) is 19.1 Å². The lowest BCUT2D eigenvalue weighted by Gasteiger charge is -1.97. The summed E-state index contributed by atoms with van der Waals surface area (Å²) >= 11 is 0. The zero-order valence-corrected chi connectivity index (χ0v) is 9.45. The van der Waals surface area contributed by atoms with Crippen molar-refractivity contribution in [1.29, 1.82) is 0 Å². The summed E-state index contributed by atoms with van der Waals surface area (Å²) in [7, 11) is 0. The van der Waals surface area contributed by atoms with Crippen molar-refractivity contribution in [3.63, 3.8) is 0 Å². The number of aromatic hydroxyl groups is 1. The molecule has 0 spiro atoms. The summed E-state index contributed by atoms with van der Waals surface area (Å²) in [5, 5.41) is 9.26. The second kappa shape index (κ2) is 7.10. The molecule has 0 atom stereocenters. The van der Waals surface area contributed by atoms with Crippen LogP contribution in [0.1, 0.15) is 38.2 Å². The summed E-state index contributed by atoms with van der Waals surface area (Å²) in [4.78, 5) is 0. The summed E-state index contributed by atoms with van der Waals surface area (Å²) in [6.45, 7) is 2.22. The molecule has 1 aromatic rings. The Labute approximate surface area is 92.5 Å². The van der Waals surface area contributed by atoms with Crippen LogP contribution in [-0.2, 0) is 6.42 Å². The number of phenols is 1. The fourth-order valence-corrected chi connectivity index (χ4v) is 1.53. The highest BCUT2D eigenvalue weighted by Crippen LogP contribution is 2.11. The largest absolute Gasteiger partial charge is 0.508 e. The van der Waals surface area contributed by atoms with Crippen molar-refractivity contribution in [2.45, 2.75) is 39.0 Å². The molecule has 0 saturated carbocycles. The lowest BCUT2D eigenvalue weighted by Crippen LogP contribution is -1.79. The third kappa shape index (κ3) is 5.26. The number of rotatable bonds is 6. The van der Waals surface area contributed by atoms with Crippen LogP contribution < -0.4 is 0 Å². The highest BCUT2D eigenvalue weighted by atomic mass is 16.3. The van der Waals surface area contributed by atoms with Gasteiger partial charge in [-0.3, -0.25) is 0 Å². The molecule has 0 bridgehead atoms. The van der Waals surface area contributed by atoms with Gasteiger partial charge in [-0.2, -0.15) is 0 Å². The van der Waals surface area contributed by atoms with Crippen molar-refractivity contribution in [1.82, 2.24) is 0 Å². The van der Waals surface area contributed by atoms with Crippen molar-refractivity contribution in [2.24, 2.45) is 0 Å². The molecule has 1 rings (SSSR count). The van der Waals surface area contributed by atoms with Gasteiger partial charge in [-0.25, -0.2) is 0 Å². The normalized spacial score (nSPS) is 11.0. The maximum absolute atomic E-state index is 9.26. The lowest BCUT2D eigenvalue weighted by atomic mass is 10.1. The van der Waals surface area contributed by atoms with Gasteiger partial charge in [0.2, 0.25) is 0 Å². The van der Waals surface area contributed by atoms with Gasteiger partial charge in [-0.1, -0.05) is 44.1 Å². The van der Waals surface area contributed by atoms with Gasteiger partial charge in [0.05, 0.1) is 0 Å². The Hall–Kier alpha value is -1.24.